The number of aryl methyl sites for hydroxylation is 1. The quantitative estimate of drug-likeness (QED) is 0.609. The Labute approximate surface area is 156 Å². The molecule has 1 unspecified atom stereocenters. The van der Waals surface area contributed by atoms with Crippen molar-refractivity contribution in [2.45, 2.75) is 38.0 Å². The molecule has 2 aromatic heterocycles. The van der Waals surface area contributed by atoms with Crippen LogP contribution in [0.4, 0.5) is 0 Å². The van der Waals surface area contributed by atoms with E-state index in [9.17, 15) is 4.79 Å². The molecule has 1 aromatic carbocycles. The minimum absolute atomic E-state index is 0.0431. The van der Waals surface area contributed by atoms with E-state index >= 15 is 0 Å². The van der Waals surface area contributed by atoms with E-state index < -0.39 is 0 Å². The van der Waals surface area contributed by atoms with E-state index in [2.05, 4.69) is 19.9 Å². The predicted molar refractivity (Wildman–Crippen MR) is 106 cm³/mol. The van der Waals surface area contributed by atoms with Gasteiger partial charge in [-0.25, -0.2) is 4.52 Å². The van der Waals surface area contributed by atoms with Crippen LogP contribution in [-0.2, 0) is 7.05 Å². The van der Waals surface area contributed by atoms with Crippen molar-refractivity contribution >= 4 is 28.9 Å². The maximum Gasteiger partial charge on any atom is 0.278 e. The highest BCUT2D eigenvalue weighted by molar-refractivity contribution is 7.98. The van der Waals surface area contributed by atoms with Gasteiger partial charge in [0, 0.05) is 23.2 Å². The van der Waals surface area contributed by atoms with Crippen LogP contribution >= 0.6 is 23.4 Å². The van der Waals surface area contributed by atoms with Crippen LogP contribution in [-0.4, -0.2) is 20.4 Å². The molecular weight excluding hydrogens is 354 g/mol. The van der Waals surface area contributed by atoms with Gasteiger partial charge in [0.05, 0.1) is 5.02 Å². The summed E-state index contributed by atoms with van der Waals surface area (Å²) in [5.41, 5.74) is 3.40. The van der Waals surface area contributed by atoms with Crippen molar-refractivity contribution in [1.29, 1.82) is 0 Å². The van der Waals surface area contributed by atoms with Crippen molar-refractivity contribution < 1.29 is 0 Å². The lowest BCUT2D eigenvalue weighted by Gasteiger charge is -2.13. The van der Waals surface area contributed by atoms with E-state index in [1.807, 2.05) is 31.4 Å². The molecule has 0 aliphatic rings. The molecule has 0 aliphatic carbocycles. The number of hydrogen-bond donors (Lipinski definition) is 0. The van der Waals surface area contributed by atoms with Crippen LogP contribution in [0.3, 0.4) is 0 Å². The van der Waals surface area contributed by atoms with Crippen molar-refractivity contribution in [2.75, 3.05) is 6.26 Å². The summed E-state index contributed by atoms with van der Waals surface area (Å²) >= 11 is 8.09. The summed E-state index contributed by atoms with van der Waals surface area (Å²) in [4.78, 5) is 14.1. The van der Waals surface area contributed by atoms with Crippen LogP contribution in [0.1, 0.15) is 37.4 Å². The molecule has 0 bridgehead atoms. The molecule has 0 saturated heterocycles. The number of hydrogen-bond acceptors (Lipinski definition) is 3. The van der Waals surface area contributed by atoms with Crippen molar-refractivity contribution in [3.05, 3.63) is 50.9 Å². The zero-order valence-electron chi connectivity index (χ0n) is 15.1. The van der Waals surface area contributed by atoms with E-state index in [-0.39, 0.29) is 5.56 Å². The van der Waals surface area contributed by atoms with Gasteiger partial charge in [-0.1, -0.05) is 25.4 Å². The van der Waals surface area contributed by atoms with Gasteiger partial charge in [0.15, 0.2) is 5.82 Å². The van der Waals surface area contributed by atoms with E-state index in [1.54, 1.807) is 27.9 Å². The number of aromatic nitrogens is 3. The predicted octanol–water partition coefficient (Wildman–Crippen LogP) is 4.90. The van der Waals surface area contributed by atoms with Crippen molar-refractivity contribution in [3.63, 3.8) is 0 Å². The molecule has 6 heteroatoms. The van der Waals surface area contributed by atoms with E-state index in [0.29, 0.717) is 22.3 Å². The van der Waals surface area contributed by atoms with Gasteiger partial charge in [0.25, 0.3) is 5.56 Å². The summed E-state index contributed by atoms with van der Waals surface area (Å²) in [6.45, 7) is 6.25. The summed E-state index contributed by atoms with van der Waals surface area (Å²) in [6, 6.07) is 7.90. The Morgan fingerprint density at radius 2 is 2.04 bits per heavy atom. The maximum absolute atomic E-state index is 13.1. The highest BCUT2D eigenvalue weighted by atomic mass is 35.5. The van der Waals surface area contributed by atoms with Crippen molar-refractivity contribution in [3.8, 4) is 11.4 Å². The fourth-order valence-corrected chi connectivity index (χ4v) is 3.82. The molecule has 0 radical (unpaired) electrons. The molecule has 1 atom stereocenters. The number of fused-ring (bicyclic) bond motifs is 1. The molecule has 0 fully saturated rings. The lowest BCUT2D eigenvalue weighted by atomic mass is 10.00. The van der Waals surface area contributed by atoms with Crippen LogP contribution in [0.15, 0.2) is 34.0 Å². The first-order valence-electron chi connectivity index (χ1n) is 8.32. The maximum atomic E-state index is 13.1. The zero-order chi connectivity index (χ0) is 18.3. The standard InChI is InChI=1S/C19H22ClN3OS/c1-6-11(2)15-9-12(3)23-17(15)19(24)22(4)18(21-23)14-8-7-13(25-5)10-16(14)20/h7-11H,6H2,1-5H3. The molecule has 0 aliphatic heterocycles. The molecular formula is C19H22ClN3OS. The van der Waals surface area contributed by atoms with E-state index in [1.165, 1.54) is 0 Å². The molecule has 0 amide bonds. The average molecular weight is 376 g/mol. The smallest absolute Gasteiger partial charge is 0.278 e. The van der Waals surface area contributed by atoms with Gasteiger partial charge in [0.1, 0.15) is 5.52 Å². The average Bonchev–Trinajstić information content (AvgIpc) is 2.94. The third kappa shape index (κ3) is 3.00. The topological polar surface area (TPSA) is 39.3 Å². The molecule has 2 heterocycles. The SMILES string of the molecule is CCC(C)c1cc(C)n2nc(-c3ccc(SC)cc3Cl)n(C)c(=O)c12. The Morgan fingerprint density at radius 3 is 2.64 bits per heavy atom. The molecule has 0 N–H and O–H groups in total. The minimum atomic E-state index is -0.0431. The van der Waals surface area contributed by atoms with E-state index in [0.717, 1.165) is 28.1 Å². The first-order valence-corrected chi connectivity index (χ1v) is 9.92. The summed E-state index contributed by atoms with van der Waals surface area (Å²) in [5, 5.41) is 5.35. The van der Waals surface area contributed by atoms with Gasteiger partial charge in [-0.2, -0.15) is 0 Å². The number of rotatable bonds is 4. The lowest BCUT2D eigenvalue weighted by Crippen LogP contribution is -2.24. The van der Waals surface area contributed by atoms with Crippen LogP contribution in [0, 0.1) is 6.92 Å². The molecule has 4 nitrogen and oxygen atoms in total. The third-order valence-corrected chi connectivity index (χ3v) is 5.80. The van der Waals surface area contributed by atoms with Crippen LogP contribution in [0.5, 0.6) is 0 Å². The largest absolute Gasteiger partial charge is 0.292 e. The third-order valence-electron chi connectivity index (χ3n) is 4.76. The Balaban J connectivity index is 2.31. The molecule has 132 valence electrons. The fraction of sp³-hybridized carbons (Fsp3) is 0.368. The first kappa shape index (κ1) is 18.1. The number of thioether (sulfide) groups is 1. The number of benzene rings is 1. The van der Waals surface area contributed by atoms with Crippen LogP contribution in [0.2, 0.25) is 5.02 Å². The number of halogens is 1. The Bertz CT molecular complexity index is 1010. The lowest BCUT2D eigenvalue weighted by molar-refractivity contribution is 0.728. The second kappa shape index (κ2) is 6.89. The van der Waals surface area contributed by atoms with Gasteiger partial charge < -0.3 is 0 Å². The normalized spacial score (nSPS) is 12.7. The van der Waals surface area contributed by atoms with Gasteiger partial charge in [-0.3, -0.25) is 9.36 Å². The molecule has 0 spiro atoms. The molecule has 25 heavy (non-hydrogen) atoms. The summed E-state index contributed by atoms with van der Waals surface area (Å²) in [5.74, 6) is 0.887. The van der Waals surface area contributed by atoms with Gasteiger partial charge in [-0.05, 0) is 55.3 Å². The summed E-state index contributed by atoms with van der Waals surface area (Å²) < 4.78 is 3.36. The highest BCUT2D eigenvalue weighted by Gasteiger charge is 2.20. The zero-order valence-corrected chi connectivity index (χ0v) is 16.7. The minimum Gasteiger partial charge on any atom is -0.292 e. The van der Waals surface area contributed by atoms with Crippen LogP contribution in [0.25, 0.3) is 16.9 Å². The highest BCUT2D eigenvalue weighted by Crippen LogP contribution is 2.31. The van der Waals surface area contributed by atoms with Crippen molar-refractivity contribution in [1.82, 2.24) is 14.2 Å². The Hall–Kier alpha value is -1.72. The van der Waals surface area contributed by atoms with Gasteiger partial charge in [-0.15, -0.1) is 16.9 Å². The first-order chi connectivity index (χ1) is 11.9. The Morgan fingerprint density at radius 1 is 1.32 bits per heavy atom. The fourth-order valence-electron chi connectivity index (χ4n) is 3.05. The molecule has 0 saturated carbocycles. The Kier molecular flexibility index (Phi) is 4.98. The number of nitrogens with zero attached hydrogens (tertiary/aromatic N) is 3. The van der Waals surface area contributed by atoms with Gasteiger partial charge in [0.2, 0.25) is 0 Å². The van der Waals surface area contributed by atoms with Gasteiger partial charge >= 0.3 is 0 Å². The molecule has 3 rings (SSSR count). The summed E-state index contributed by atoms with van der Waals surface area (Å²) in [7, 11) is 1.76. The molecule has 3 aromatic rings. The summed E-state index contributed by atoms with van der Waals surface area (Å²) in [6.07, 6.45) is 2.98. The monoisotopic (exact) mass is 375 g/mol. The van der Waals surface area contributed by atoms with Crippen LogP contribution < -0.4 is 5.56 Å². The second-order valence-electron chi connectivity index (χ2n) is 6.34. The van der Waals surface area contributed by atoms with Crippen molar-refractivity contribution in [2.24, 2.45) is 7.05 Å². The second-order valence-corrected chi connectivity index (χ2v) is 7.63. The van der Waals surface area contributed by atoms with E-state index in [4.69, 9.17) is 16.7 Å².